The van der Waals surface area contributed by atoms with Gasteiger partial charge in [0.25, 0.3) is 5.91 Å². The fourth-order valence-corrected chi connectivity index (χ4v) is 1.72. The van der Waals surface area contributed by atoms with Gasteiger partial charge < -0.3 is 5.32 Å². The molecule has 0 unspecified atom stereocenters. The van der Waals surface area contributed by atoms with Crippen molar-refractivity contribution in [2.24, 2.45) is 0 Å². The highest BCUT2D eigenvalue weighted by molar-refractivity contribution is 9.10. The first-order valence-electron chi connectivity index (χ1n) is 5.16. The zero-order chi connectivity index (χ0) is 13.0. The molecule has 92 valence electrons. The van der Waals surface area contributed by atoms with E-state index in [2.05, 4.69) is 31.2 Å². The molecule has 2 aromatic rings. The van der Waals surface area contributed by atoms with Crippen molar-refractivity contribution < 1.29 is 9.18 Å². The van der Waals surface area contributed by atoms with Gasteiger partial charge >= 0.3 is 0 Å². The van der Waals surface area contributed by atoms with Crippen LogP contribution in [0.15, 0.2) is 41.1 Å². The summed E-state index contributed by atoms with van der Waals surface area (Å²) in [5.74, 6) is -0.605. The smallest absolute Gasteiger partial charge is 0.254 e. The van der Waals surface area contributed by atoms with E-state index < -0.39 is 11.7 Å². The molecule has 0 saturated heterocycles. The van der Waals surface area contributed by atoms with Crippen molar-refractivity contribution in [1.29, 1.82) is 0 Å². The van der Waals surface area contributed by atoms with Gasteiger partial charge in [-0.15, -0.1) is 0 Å². The first-order chi connectivity index (χ1) is 8.68. The summed E-state index contributed by atoms with van der Waals surface area (Å²) in [6.07, 6.45) is 3.16. The number of nitrogens with one attached hydrogen (secondary N) is 1. The number of benzene rings is 1. The molecule has 4 nitrogen and oxygen atoms in total. The molecule has 0 spiro atoms. The van der Waals surface area contributed by atoms with E-state index in [1.54, 1.807) is 24.5 Å². The Morgan fingerprint density at radius 3 is 2.72 bits per heavy atom. The van der Waals surface area contributed by atoms with Crippen molar-refractivity contribution in [3.63, 3.8) is 0 Å². The SMILES string of the molecule is O=C(NCc1ncccn1)c1cccc(Br)c1F. The summed E-state index contributed by atoms with van der Waals surface area (Å²) in [5.41, 5.74) is -0.0136. The van der Waals surface area contributed by atoms with Gasteiger partial charge in [0.2, 0.25) is 0 Å². The first kappa shape index (κ1) is 12.6. The largest absolute Gasteiger partial charge is 0.345 e. The molecule has 0 fully saturated rings. The minimum Gasteiger partial charge on any atom is -0.345 e. The van der Waals surface area contributed by atoms with Gasteiger partial charge in [-0.1, -0.05) is 6.07 Å². The molecule has 1 aromatic heterocycles. The minimum absolute atomic E-state index is 0.0136. The zero-order valence-electron chi connectivity index (χ0n) is 9.23. The van der Waals surface area contributed by atoms with Crippen LogP contribution < -0.4 is 5.32 Å². The highest BCUT2D eigenvalue weighted by atomic mass is 79.9. The predicted octanol–water partition coefficient (Wildman–Crippen LogP) is 2.31. The van der Waals surface area contributed by atoms with E-state index in [4.69, 9.17) is 0 Å². The van der Waals surface area contributed by atoms with Gasteiger partial charge in [-0.2, -0.15) is 0 Å². The van der Waals surface area contributed by atoms with E-state index in [1.807, 2.05) is 0 Å². The molecule has 1 heterocycles. The van der Waals surface area contributed by atoms with E-state index in [1.165, 1.54) is 12.1 Å². The van der Waals surface area contributed by atoms with E-state index >= 15 is 0 Å². The maximum Gasteiger partial charge on any atom is 0.254 e. The summed E-state index contributed by atoms with van der Waals surface area (Å²) < 4.78 is 13.9. The monoisotopic (exact) mass is 309 g/mol. The first-order valence-corrected chi connectivity index (χ1v) is 5.96. The van der Waals surface area contributed by atoms with E-state index in [-0.39, 0.29) is 16.6 Å². The van der Waals surface area contributed by atoms with E-state index in [0.29, 0.717) is 5.82 Å². The number of nitrogens with zero attached hydrogens (tertiary/aromatic N) is 2. The lowest BCUT2D eigenvalue weighted by Crippen LogP contribution is -2.24. The fourth-order valence-electron chi connectivity index (χ4n) is 1.35. The minimum atomic E-state index is -0.580. The maximum absolute atomic E-state index is 13.6. The van der Waals surface area contributed by atoms with Crippen LogP contribution >= 0.6 is 15.9 Å². The van der Waals surface area contributed by atoms with Crippen LogP contribution in [0.1, 0.15) is 16.2 Å². The molecular formula is C12H9BrFN3O. The van der Waals surface area contributed by atoms with Gasteiger partial charge in [0.15, 0.2) is 0 Å². The van der Waals surface area contributed by atoms with Crippen molar-refractivity contribution >= 4 is 21.8 Å². The molecular weight excluding hydrogens is 301 g/mol. The fraction of sp³-hybridized carbons (Fsp3) is 0.0833. The topological polar surface area (TPSA) is 54.9 Å². The van der Waals surface area contributed by atoms with Gasteiger partial charge in [0, 0.05) is 12.4 Å². The summed E-state index contributed by atoms with van der Waals surface area (Å²) >= 11 is 3.03. The highest BCUT2D eigenvalue weighted by Gasteiger charge is 2.13. The predicted molar refractivity (Wildman–Crippen MR) is 67.3 cm³/mol. The van der Waals surface area contributed by atoms with Gasteiger partial charge in [0.05, 0.1) is 16.6 Å². The summed E-state index contributed by atoms with van der Waals surface area (Å²) in [5, 5.41) is 2.56. The summed E-state index contributed by atoms with van der Waals surface area (Å²) in [6.45, 7) is 0.158. The number of rotatable bonds is 3. The van der Waals surface area contributed by atoms with Gasteiger partial charge in [0.1, 0.15) is 11.6 Å². The van der Waals surface area contributed by atoms with Crippen molar-refractivity contribution in [1.82, 2.24) is 15.3 Å². The van der Waals surface area contributed by atoms with Crippen LogP contribution in [0.2, 0.25) is 0 Å². The highest BCUT2D eigenvalue weighted by Crippen LogP contribution is 2.18. The van der Waals surface area contributed by atoms with Crippen molar-refractivity contribution in [2.75, 3.05) is 0 Å². The van der Waals surface area contributed by atoms with E-state index in [0.717, 1.165) is 0 Å². The lowest BCUT2D eigenvalue weighted by molar-refractivity contribution is 0.0945. The second-order valence-electron chi connectivity index (χ2n) is 3.45. The molecule has 0 atom stereocenters. The Bertz CT molecular complexity index is 563. The van der Waals surface area contributed by atoms with Crippen LogP contribution in [0, 0.1) is 5.82 Å². The molecule has 2 rings (SSSR count). The van der Waals surface area contributed by atoms with Crippen LogP contribution in [-0.4, -0.2) is 15.9 Å². The Morgan fingerprint density at radius 1 is 1.28 bits per heavy atom. The third-order valence-corrected chi connectivity index (χ3v) is 2.83. The lowest BCUT2D eigenvalue weighted by Gasteiger charge is -2.05. The Morgan fingerprint density at radius 2 is 2.00 bits per heavy atom. The Balaban J connectivity index is 2.07. The standard InChI is InChI=1S/C12H9BrFN3O/c13-9-4-1-3-8(11(9)14)12(18)17-7-10-15-5-2-6-16-10/h1-6H,7H2,(H,17,18). The molecule has 0 aliphatic carbocycles. The van der Waals surface area contributed by atoms with Crippen LogP contribution in [0.25, 0.3) is 0 Å². The number of halogens is 2. The number of carbonyl (C=O) groups excluding carboxylic acids is 1. The third kappa shape index (κ3) is 2.89. The number of hydrogen-bond acceptors (Lipinski definition) is 3. The summed E-state index contributed by atoms with van der Waals surface area (Å²) in [7, 11) is 0. The number of carbonyl (C=O) groups is 1. The molecule has 0 bridgehead atoms. The van der Waals surface area contributed by atoms with Crippen LogP contribution in [0.3, 0.4) is 0 Å². The van der Waals surface area contributed by atoms with Crippen molar-refractivity contribution in [2.45, 2.75) is 6.54 Å². The van der Waals surface area contributed by atoms with Gasteiger partial charge in [-0.05, 0) is 34.1 Å². The number of hydrogen-bond donors (Lipinski definition) is 1. The molecule has 1 aromatic carbocycles. The number of aromatic nitrogens is 2. The number of amides is 1. The molecule has 0 saturated carbocycles. The average molecular weight is 310 g/mol. The zero-order valence-corrected chi connectivity index (χ0v) is 10.8. The maximum atomic E-state index is 13.6. The third-order valence-electron chi connectivity index (χ3n) is 2.22. The lowest BCUT2D eigenvalue weighted by atomic mass is 10.2. The van der Waals surface area contributed by atoms with Crippen LogP contribution in [0.5, 0.6) is 0 Å². The Kier molecular flexibility index (Phi) is 3.99. The van der Waals surface area contributed by atoms with Gasteiger partial charge in [-0.25, -0.2) is 14.4 Å². The second kappa shape index (κ2) is 5.68. The normalized spacial score (nSPS) is 10.1. The Labute approximate surface area is 111 Å². The average Bonchev–Trinajstić information content (AvgIpc) is 2.40. The Hall–Kier alpha value is -1.82. The van der Waals surface area contributed by atoms with E-state index in [9.17, 15) is 9.18 Å². The quantitative estimate of drug-likeness (QED) is 0.946. The molecule has 18 heavy (non-hydrogen) atoms. The van der Waals surface area contributed by atoms with Crippen molar-refractivity contribution in [3.05, 3.63) is 58.3 Å². The molecule has 6 heteroatoms. The van der Waals surface area contributed by atoms with Gasteiger partial charge in [-0.3, -0.25) is 4.79 Å². The van der Waals surface area contributed by atoms with Crippen LogP contribution in [0.4, 0.5) is 4.39 Å². The van der Waals surface area contributed by atoms with Crippen LogP contribution in [-0.2, 0) is 6.54 Å². The molecule has 0 aliphatic heterocycles. The molecule has 1 amide bonds. The molecule has 1 N–H and O–H groups in total. The summed E-state index contributed by atoms with van der Waals surface area (Å²) in [6, 6.07) is 6.23. The summed E-state index contributed by atoms with van der Waals surface area (Å²) in [4.78, 5) is 19.7. The molecule has 0 aliphatic rings. The second-order valence-corrected chi connectivity index (χ2v) is 4.30. The molecule has 0 radical (unpaired) electrons. The van der Waals surface area contributed by atoms with Crippen molar-refractivity contribution in [3.8, 4) is 0 Å².